The van der Waals surface area contributed by atoms with Crippen molar-refractivity contribution in [1.82, 2.24) is 10.6 Å². The summed E-state index contributed by atoms with van der Waals surface area (Å²) < 4.78 is 0. The van der Waals surface area contributed by atoms with E-state index in [0.29, 0.717) is 6.17 Å². The van der Waals surface area contributed by atoms with Gasteiger partial charge in [-0.25, -0.2) is 0 Å². The van der Waals surface area contributed by atoms with Gasteiger partial charge in [0, 0.05) is 6.54 Å². The third-order valence-electron chi connectivity index (χ3n) is 1.30. The number of nitrogens with one attached hydrogen (secondary N) is 2. The number of hydrogen-bond acceptors (Lipinski definition) is 2. The highest BCUT2D eigenvalue weighted by molar-refractivity contribution is 4.92. The van der Waals surface area contributed by atoms with Gasteiger partial charge in [-0.3, -0.25) is 5.32 Å². The van der Waals surface area contributed by atoms with Crippen molar-refractivity contribution >= 4 is 0 Å². The second kappa shape index (κ2) is 3.30. The van der Waals surface area contributed by atoms with E-state index in [1.165, 1.54) is 0 Å². The topological polar surface area (TPSA) is 24.1 Å². The van der Waals surface area contributed by atoms with Gasteiger partial charge in [-0.1, -0.05) is 12.2 Å². The monoisotopic (exact) mass is 124 g/mol. The molecule has 1 aliphatic heterocycles. The van der Waals surface area contributed by atoms with E-state index < -0.39 is 0 Å². The van der Waals surface area contributed by atoms with E-state index in [1.54, 1.807) is 0 Å². The Morgan fingerprint density at radius 3 is 3.22 bits per heavy atom. The number of hydrogen-bond donors (Lipinski definition) is 2. The Hall–Kier alpha value is -0.760. The van der Waals surface area contributed by atoms with Crippen LogP contribution in [0.5, 0.6) is 0 Å². The Morgan fingerprint density at radius 1 is 1.78 bits per heavy atom. The fourth-order valence-corrected chi connectivity index (χ4v) is 0.830. The molecule has 2 N–H and O–H groups in total. The molecule has 0 spiro atoms. The maximum atomic E-state index is 3.65. The van der Waals surface area contributed by atoms with Crippen molar-refractivity contribution in [3.63, 3.8) is 0 Å². The van der Waals surface area contributed by atoms with Gasteiger partial charge in [0.2, 0.25) is 0 Å². The second-order valence-electron chi connectivity index (χ2n) is 2.05. The first-order valence-corrected chi connectivity index (χ1v) is 3.19. The highest BCUT2D eigenvalue weighted by Crippen LogP contribution is 1.91. The minimum Gasteiger partial charge on any atom is -0.376 e. The summed E-state index contributed by atoms with van der Waals surface area (Å²) >= 11 is 0. The van der Waals surface area contributed by atoms with Crippen molar-refractivity contribution in [2.45, 2.75) is 12.6 Å². The minimum absolute atomic E-state index is 0.396. The highest BCUT2D eigenvalue weighted by Gasteiger charge is 2.02. The van der Waals surface area contributed by atoms with Gasteiger partial charge in [0.1, 0.15) is 0 Å². The van der Waals surface area contributed by atoms with Crippen molar-refractivity contribution in [3.8, 4) is 0 Å². The lowest BCUT2D eigenvalue weighted by atomic mass is 10.3. The largest absolute Gasteiger partial charge is 0.376 e. The summed E-state index contributed by atoms with van der Waals surface area (Å²) in [6, 6.07) is 0. The molecule has 0 radical (unpaired) electrons. The Bertz CT molecular complexity index is 118. The third kappa shape index (κ3) is 1.90. The van der Waals surface area contributed by atoms with Crippen molar-refractivity contribution < 1.29 is 0 Å². The molecule has 0 saturated heterocycles. The molecule has 0 amide bonds. The standard InChI is InChI=1S/C7H12N2/c1-2-4-7-8-5-3-6-9-7/h2-3,5,7-9H,1,4,6H2. The zero-order chi connectivity index (χ0) is 6.53. The normalized spacial score (nSPS) is 25.1. The van der Waals surface area contributed by atoms with Crippen molar-refractivity contribution in [3.05, 3.63) is 24.9 Å². The van der Waals surface area contributed by atoms with Gasteiger partial charge in [-0.2, -0.15) is 0 Å². The minimum atomic E-state index is 0.396. The Morgan fingerprint density at radius 2 is 2.67 bits per heavy atom. The molecule has 1 atom stereocenters. The van der Waals surface area contributed by atoms with Crippen LogP contribution < -0.4 is 10.6 Å². The maximum Gasteiger partial charge on any atom is 0.0800 e. The first-order chi connectivity index (χ1) is 4.43. The molecule has 2 nitrogen and oxygen atoms in total. The summed E-state index contributed by atoms with van der Waals surface area (Å²) in [5.41, 5.74) is 0. The quantitative estimate of drug-likeness (QED) is 0.527. The van der Waals surface area contributed by atoms with Crippen LogP contribution in [-0.4, -0.2) is 12.7 Å². The molecule has 0 aromatic heterocycles. The van der Waals surface area contributed by atoms with Gasteiger partial charge in [-0.05, 0) is 12.6 Å². The molecule has 1 unspecified atom stereocenters. The fourth-order valence-electron chi connectivity index (χ4n) is 0.830. The van der Waals surface area contributed by atoms with Crippen LogP contribution in [0.3, 0.4) is 0 Å². The third-order valence-corrected chi connectivity index (χ3v) is 1.30. The van der Waals surface area contributed by atoms with E-state index in [2.05, 4.69) is 23.3 Å². The van der Waals surface area contributed by atoms with Gasteiger partial charge in [-0.15, -0.1) is 6.58 Å². The molecule has 0 aromatic carbocycles. The molecule has 0 bridgehead atoms. The maximum absolute atomic E-state index is 3.65. The number of rotatable bonds is 2. The van der Waals surface area contributed by atoms with Crippen LogP contribution in [-0.2, 0) is 0 Å². The molecule has 1 rings (SSSR count). The lowest BCUT2D eigenvalue weighted by Gasteiger charge is -2.19. The van der Waals surface area contributed by atoms with Crippen LogP contribution in [0, 0.1) is 0 Å². The van der Waals surface area contributed by atoms with Crippen LogP contribution in [0.25, 0.3) is 0 Å². The molecule has 9 heavy (non-hydrogen) atoms. The van der Waals surface area contributed by atoms with Crippen LogP contribution >= 0.6 is 0 Å². The van der Waals surface area contributed by atoms with Crippen LogP contribution in [0.4, 0.5) is 0 Å². The molecule has 0 aliphatic carbocycles. The molecule has 1 aliphatic rings. The zero-order valence-corrected chi connectivity index (χ0v) is 5.43. The van der Waals surface area contributed by atoms with Crippen LogP contribution in [0.2, 0.25) is 0 Å². The molecule has 0 saturated carbocycles. The van der Waals surface area contributed by atoms with E-state index in [4.69, 9.17) is 0 Å². The molecule has 50 valence electrons. The first-order valence-electron chi connectivity index (χ1n) is 3.19. The smallest absolute Gasteiger partial charge is 0.0800 e. The first kappa shape index (κ1) is 6.36. The lowest BCUT2D eigenvalue weighted by molar-refractivity contribution is 0.481. The van der Waals surface area contributed by atoms with Crippen molar-refractivity contribution in [1.29, 1.82) is 0 Å². The molecule has 0 fully saturated rings. The van der Waals surface area contributed by atoms with Gasteiger partial charge >= 0.3 is 0 Å². The van der Waals surface area contributed by atoms with E-state index in [-0.39, 0.29) is 0 Å². The van der Waals surface area contributed by atoms with Crippen LogP contribution in [0.1, 0.15) is 6.42 Å². The molecular formula is C7H12N2. The van der Waals surface area contributed by atoms with Gasteiger partial charge in [0.05, 0.1) is 6.17 Å². The summed E-state index contributed by atoms with van der Waals surface area (Å²) in [5.74, 6) is 0. The summed E-state index contributed by atoms with van der Waals surface area (Å²) in [6.07, 6.45) is 7.31. The zero-order valence-electron chi connectivity index (χ0n) is 5.43. The van der Waals surface area contributed by atoms with Gasteiger partial charge in [0.25, 0.3) is 0 Å². The van der Waals surface area contributed by atoms with Gasteiger partial charge < -0.3 is 5.32 Å². The Balaban J connectivity index is 2.26. The Labute approximate surface area is 55.6 Å². The van der Waals surface area contributed by atoms with E-state index in [9.17, 15) is 0 Å². The van der Waals surface area contributed by atoms with Crippen molar-refractivity contribution in [2.75, 3.05) is 6.54 Å². The highest BCUT2D eigenvalue weighted by atomic mass is 15.1. The van der Waals surface area contributed by atoms with Gasteiger partial charge in [0.15, 0.2) is 0 Å². The second-order valence-corrected chi connectivity index (χ2v) is 2.05. The lowest BCUT2D eigenvalue weighted by Crippen LogP contribution is -2.42. The molecule has 1 heterocycles. The summed E-state index contributed by atoms with van der Waals surface area (Å²) in [6.45, 7) is 4.61. The van der Waals surface area contributed by atoms with E-state index in [1.807, 2.05) is 12.3 Å². The molecular weight excluding hydrogens is 112 g/mol. The summed E-state index contributed by atoms with van der Waals surface area (Å²) in [4.78, 5) is 0. The SMILES string of the molecule is C=CCC1NC=CCN1. The van der Waals surface area contributed by atoms with E-state index >= 15 is 0 Å². The molecule has 0 aromatic rings. The summed E-state index contributed by atoms with van der Waals surface area (Å²) in [5, 5.41) is 6.41. The van der Waals surface area contributed by atoms with Crippen LogP contribution in [0.15, 0.2) is 24.9 Å². The van der Waals surface area contributed by atoms with Crippen molar-refractivity contribution in [2.24, 2.45) is 0 Å². The average molecular weight is 124 g/mol. The summed E-state index contributed by atoms with van der Waals surface area (Å²) in [7, 11) is 0. The molecule has 2 heteroatoms. The predicted molar refractivity (Wildman–Crippen MR) is 38.9 cm³/mol. The van der Waals surface area contributed by atoms with E-state index in [0.717, 1.165) is 13.0 Å². The Kier molecular flexibility index (Phi) is 2.33. The predicted octanol–water partition coefficient (Wildman–Crippen LogP) is 0.595. The fraction of sp³-hybridized carbons (Fsp3) is 0.429. The average Bonchev–Trinajstić information content (AvgIpc) is 1.91.